The number of benzene rings is 3. The molecule has 0 radical (unpaired) electrons. The zero-order chi connectivity index (χ0) is 23.4. The summed E-state index contributed by atoms with van der Waals surface area (Å²) in [5.74, 6) is 0.189. The van der Waals surface area contributed by atoms with Gasteiger partial charge in [-0.05, 0) is 62.6 Å². The van der Waals surface area contributed by atoms with Gasteiger partial charge in [0.1, 0.15) is 10.6 Å². The largest absolute Gasteiger partial charge is 0.454 e. The Morgan fingerprint density at radius 3 is 2.22 bits per heavy atom. The first-order valence-corrected chi connectivity index (χ1v) is 11.8. The summed E-state index contributed by atoms with van der Waals surface area (Å²) < 4.78 is 34.2. The summed E-state index contributed by atoms with van der Waals surface area (Å²) >= 11 is 6.42. The van der Waals surface area contributed by atoms with E-state index in [0.717, 1.165) is 22.3 Å². The van der Waals surface area contributed by atoms with Crippen molar-refractivity contribution in [3.05, 3.63) is 75.3 Å². The third-order valence-corrected chi connectivity index (χ3v) is 7.69. The van der Waals surface area contributed by atoms with E-state index in [0.29, 0.717) is 17.1 Å². The number of carbonyl (C=O) groups excluding carboxylic acids is 1. The molecule has 0 atom stereocenters. The zero-order valence-corrected chi connectivity index (χ0v) is 20.0. The van der Waals surface area contributed by atoms with Gasteiger partial charge in [-0.1, -0.05) is 35.4 Å². The van der Waals surface area contributed by atoms with Crippen molar-refractivity contribution in [1.82, 2.24) is 0 Å². The molecule has 166 valence electrons. The normalized spacial score (nSPS) is 12.9. The molecular weight excluding hydrogens is 448 g/mol. The van der Waals surface area contributed by atoms with Crippen LogP contribution in [0.3, 0.4) is 0 Å². The first-order chi connectivity index (χ1) is 15.0. The lowest BCUT2D eigenvalue weighted by atomic mass is 10.1. The lowest BCUT2D eigenvalue weighted by molar-refractivity contribution is 0.102. The maximum atomic E-state index is 13.6. The van der Waals surface area contributed by atoms with Crippen molar-refractivity contribution in [2.45, 2.75) is 32.6 Å². The number of sulfonamides is 1. The van der Waals surface area contributed by atoms with Crippen molar-refractivity contribution in [1.29, 1.82) is 0 Å². The molecule has 1 aliphatic heterocycles. The summed E-state index contributed by atoms with van der Waals surface area (Å²) in [7, 11) is -2.57. The third kappa shape index (κ3) is 3.72. The molecular formula is C24H23ClN2O4S. The zero-order valence-electron chi connectivity index (χ0n) is 18.4. The number of carbonyl (C=O) groups is 1. The molecule has 0 bridgehead atoms. The topological polar surface area (TPSA) is 75.7 Å². The number of amides is 1. The second-order valence-corrected chi connectivity index (χ2v) is 10.4. The van der Waals surface area contributed by atoms with Crippen LogP contribution in [0, 0.1) is 27.7 Å². The molecule has 0 fully saturated rings. The van der Waals surface area contributed by atoms with Crippen LogP contribution >= 0.6 is 11.6 Å². The molecule has 32 heavy (non-hydrogen) atoms. The Morgan fingerprint density at radius 1 is 0.906 bits per heavy atom. The highest BCUT2D eigenvalue weighted by atomic mass is 35.5. The van der Waals surface area contributed by atoms with Crippen molar-refractivity contribution in [3.8, 4) is 11.5 Å². The van der Waals surface area contributed by atoms with Gasteiger partial charge in [0.15, 0.2) is 5.75 Å². The Kier molecular flexibility index (Phi) is 5.43. The van der Waals surface area contributed by atoms with Gasteiger partial charge < -0.3 is 10.1 Å². The second-order valence-electron chi connectivity index (χ2n) is 8.05. The number of nitrogens with zero attached hydrogens (tertiary/aromatic N) is 1. The molecule has 4 rings (SSSR count). The van der Waals surface area contributed by atoms with Crippen molar-refractivity contribution < 1.29 is 17.9 Å². The Labute approximate surface area is 192 Å². The van der Waals surface area contributed by atoms with Crippen LogP contribution < -0.4 is 14.4 Å². The maximum Gasteiger partial charge on any atom is 0.265 e. The first-order valence-electron chi connectivity index (χ1n) is 9.99. The van der Waals surface area contributed by atoms with Gasteiger partial charge in [0.05, 0.1) is 22.0 Å². The third-order valence-electron chi connectivity index (χ3n) is 5.47. The van der Waals surface area contributed by atoms with Gasteiger partial charge in [-0.15, -0.1) is 0 Å². The minimum absolute atomic E-state index is 0.0260. The number of hydrogen-bond donors (Lipinski definition) is 1. The lowest BCUT2D eigenvalue weighted by Crippen LogP contribution is -2.28. The SMILES string of the molecule is Cc1cc(C)c(N(C)S(=O)(=O)c2cc3c(cc2Cl)Oc2cc(C)ccc2NC3=O)c(C)c1. The maximum absolute atomic E-state index is 13.6. The Bertz CT molecular complexity index is 1360. The summed E-state index contributed by atoms with van der Waals surface area (Å²) in [6.45, 7) is 7.59. The average Bonchev–Trinajstić information content (AvgIpc) is 2.81. The number of hydrogen-bond acceptors (Lipinski definition) is 4. The van der Waals surface area contributed by atoms with E-state index in [1.54, 1.807) is 12.1 Å². The van der Waals surface area contributed by atoms with Crippen LogP contribution in [0.2, 0.25) is 5.02 Å². The lowest BCUT2D eigenvalue weighted by Gasteiger charge is -2.25. The average molecular weight is 471 g/mol. The highest BCUT2D eigenvalue weighted by Gasteiger charge is 2.30. The van der Waals surface area contributed by atoms with Gasteiger partial charge in [-0.3, -0.25) is 9.10 Å². The molecule has 3 aromatic carbocycles. The van der Waals surface area contributed by atoms with Crippen LogP contribution in [0.15, 0.2) is 47.4 Å². The van der Waals surface area contributed by atoms with Crippen molar-refractivity contribution in [2.24, 2.45) is 0 Å². The predicted octanol–water partition coefficient (Wildman–Crippen LogP) is 5.76. The standard InChI is InChI=1S/C24H23ClN2O4S/c1-13-6-7-19-21(10-13)31-20-12-18(25)22(11-17(20)24(28)26-19)32(29,30)27(5)23-15(3)8-14(2)9-16(23)4/h6-12H,1-5H3,(H,26,28). The molecule has 0 aliphatic carbocycles. The van der Waals surface area contributed by atoms with Crippen LogP contribution in [0.5, 0.6) is 11.5 Å². The number of aryl methyl sites for hydroxylation is 4. The van der Waals surface area contributed by atoms with E-state index in [1.165, 1.54) is 23.5 Å². The Balaban J connectivity index is 1.83. The molecule has 3 aromatic rings. The predicted molar refractivity (Wildman–Crippen MR) is 127 cm³/mol. The number of fused-ring (bicyclic) bond motifs is 2. The quantitative estimate of drug-likeness (QED) is 0.528. The number of anilines is 2. The van der Waals surface area contributed by atoms with E-state index in [4.69, 9.17) is 16.3 Å². The van der Waals surface area contributed by atoms with E-state index in [2.05, 4.69) is 5.32 Å². The fraction of sp³-hybridized carbons (Fsp3) is 0.208. The molecule has 0 aromatic heterocycles. The fourth-order valence-electron chi connectivity index (χ4n) is 4.06. The summed E-state index contributed by atoms with van der Waals surface area (Å²) in [5.41, 5.74) is 4.81. The van der Waals surface area contributed by atoms with Crippen LogP contribution in [-0.4, -0.2) is 21.4 Å². The van der Waals surface area contributed by atoms with E-state index >= 15 is 0 Å². The summed E-state index contributed by atoms with van der Waals surface area (Å²) in [6.07, 6.45) is 0. The molecule has 0 saturated carbocycles. The molecule has 1 aliphatic rings. The first kappa shape index (κ1) is 22.2. The molecule has 8 heteroatoms. The summed E-state index contributed by atoms with van der Waals surface area (Å²) in [5, 5.41) is 2.75. The summed E-state index contributed by atoms with van der Waals surface area (Å²) in [4.78, 5) is 12.7. The van der Waals surface area contributed by atoms with Crippen molar-refractivity contribution >= 4 is 38.9 Å². The van der Waals surface area contributed by atoms with Gasteiger partial charge >= 0.3 is 0 Å². The number of nitrogens with one attached hydrogen (secondary N) is 1. The van der Waals surface area contributed by atoms with E-state index in [-0.39, 0.29) is 21.2 Å². The van der Waals surface area contributed by atoms with Crippen LogP contribution in [0.4, 0.5) is 11.4 Å². The molecule has 6 nitrogen and oxygen atoms in total. The van der Waals surface area contributed by atoms with Crippen molar-refractivity contribution in [2.75, 3.05) is 16.7 Å². The number of ether oxygens (including phenoxy) is 1. The summed E-state index contributed by atoms with van der Waals surface area (Å²) in [6, 6.07) is 11.9. The Hall–Kier alpha value is -3.03. The molecule has 0 spiro atoms. The molecule has 1 amide bonds. The monoisotopic (exact) mass is 470 g/mol. The van der Waals surface area contributed by atoms with Gasteiger partial charge in [0.25, 0.3) is 15.9 Å². The van der Waals surface area contributed by atoms with Gasteiger partial charge in [0.2, 0.25) is 0 Å². The van der Waals surface area contributed by atoms with Crippen LogP contribution in [0.25, 0.3) is 0 Å². The van der Waals surface area contributed by atoms with E-state index in [9.17, 15) is 13.2 Å². The second kappa shape index (κ2) is 7.83. The van der Waals surface area contributed by atoms with E-state index < -0.39 is 15.9 Å². The van der Waals surface area contributed by atoms with Gasteiger partial charge in [-0.2, -0.15) is 0 Å². The molecule has 0 unspecified atom stereocenters. The number of rotatable bonds is 3. The molecule has 0 saturated heterocycles. The van der Waals surface area contributed by atoms with Gasteiger partial charge in [-0.25, -0.2) is 8.42 Å². The smallest absolute Gasteiger partial charge is 0.265 e. The van der Waals surface area contributed by atoms with Crippen LogP contribution in [0.1, 0.15) is 32.6 Å². The highest BCUT2D eigenvalue weighted by Crippen LogP contribution is 2.40. The highest BCUT2D eigenvalue weighted by molar-refractivity contribution is 7.93. The minimum atomic E-state index is -4.06. The molecule has 1 N–H and O–H groups in total. The van der Waals surface area contributed by atoms with Crippen molar-refractivity contribution in [3.63, 3.8) is 0 Å². The Morgan fingerprint density at radius 2 is 1.56 bits per heavy atom. The van der Waals surface area contributed by atoms with Gasteiger partial charge in [0, 0.05) is 13.1 Å². The van der Waals surface area contributed by atoms with Crippen LogP contribution in [-0.2, 0) is 10.0 Å². The van der Waals surface area contributed by atoms with E-state index in [1.807, 2.05) is 45.9 Å². The molecule has 1 heterocycles. The fourth-order valence-corrected chi connectivity index (χ4v) is 5.90. The minimum Gasteiger partial charge on any atom is -0.454 e. The number of halogens is 1.